The van der Waals surface area contributed by atoms with Crippen molar-refractivity contribution in [2.75, 3.05) is 19.6 Å². The average Bonchev–Trinajstić information content (AvgIpc) is 3.37. The summed E-state index contributed by atoms with van der Waals surface area (Å²) in [5, 5.41) is 2.09. The van der Waals surface area contributed by atoms with Crippen molar-refractivity contribution in [2.24, 2.45) is 0 Å². The zero-order valence-corrected chi connectivity index (χ0v) is 29.6. The number of hydrogen-bond donors (Lipinski definition) is 0. The van der Waals surface area contributed by atoms with Crippen LogP contribution < -0.4 is 14.6 Å². The van der Waals surface area contributed by atoms with Crippen molar-refractivity contribution >= 4 is 57.9 Å². The SMILES string of the molecule is CC(C)(C)[Si](OC1CCN(C2CCN(Cc3c(Cl)cc(OS(=O)(=O)C(F)(F)F)cc3Cl)C2=O)CC1)(c1ccccc1)c1ccccc1. The van der Waals surface area contributed by atoms with Crippen LogP contribution >= 0.6 is 23.2 Å². The van der Waals surface area contributed by atoms with Gasteiger partial charge in [0.15, 0.2) is 0 Å². The number of benzene rings is 3. The van der Waals surface area contributed by atoms with Gasteiger partial charge in [-0.05, 0) is 34.7 Å². The van der Waals surface area contributed by atoms with Crippen LogP contribution in [0.15, 0.2) is 72.8 Å². The Labute approximate surface area is 284 Å². The van der Waals surface area contributed by atoms with E-state index in [-0.39, 0.29) is 45.2 Å². The Balaban J connectivity index is 1.26. The normalized spacial score (nSPS) is 18.9. The molecule has 2 saturated heterocycles. The molecular formula is C33H37Cl2F3N2O5SSi. The first-order chi connectivity index (χ1) is 22.0. The number of halogens is 5. The van der Waals surface area contributed by atoms with Gasteiger partial charge in [0.25, 0.3) is 8.32 Å². The van der Waals surface area contributed by atoms with E-state index in [0.29, 0.717) is 26.1 Å². The summed E-state index contributed by atoms with van der Waals surface area (Å²) < 4.78 is 72.5. The molecule has 0 spiro atoms. The summed E-state index contributed by atoms with van der Waals surface area (Å²) >= 11 is 12.6. The Bertz CT molecular complexity index is 1620. The number of likely N-dealkylation sites (tertiary alicyclic amines) is 2. The Morgan fingerprint density at radius 2 is 1.36 bits per heavy atom. The predicted octanol–water partition coefficient (Wildman–Crippen LogP) is 6.36. The summed E-state index contributed by atoms with van der Waals surface area (Å²) in [5.74, 6) is -0.765. The van der Waals surface area contributed by atoms with Gasteiger partial charge in [-0.15, -0.1) is 0 Å². The van der Waals surface area contributed by atoms with Gasteiger partial charge < -0.3 is 13.5 Å². The van der Waals surface area contributed by atoms with Crippen molar-refractivity contribution in [1.29, 1.82) is 0 Å². The molecule has 2 fully saturated rings. The highest BCUT2D eigenvalue weighted by molar-refractivity contribution is 7.88. The van der Waals surface area contributed by atoms with Gasteiger partial charge in [-0.1, -0.05) is 105 Å². The molecule has 0 bridgehead atoms. The highest BCUT2D eigenvalue weighted by Crippen LogP contribution is 2.39. The second-order valence-corrected chi connectivity index (χ2v) is 19.5. The molecule has 254 valence electrons. The lowest BCUT2D eigenvalue weighted by atomic mass is 10.1. The van der Waals surface area contributed by atoms with E-state index in [4.69, 9.17) is 27.6 Å². The maximum atomic E-state index is 13.6. The number of nitrogens with zero attached hydrogens (tertiary/aromatic N) is 2. The van der Waals surface area contributed by atoms with Crippen LogP contribution in [0.4, 0.5) is 13.2 Å². The average molecular weight is 730 g/mol. The van der Waals surface area contributed by atoms with Gasteiger partial charge in [-0.25, -0.2) is 0 Å². The number of amides is 1. The molecule has 3 aromatic carbocycles. The molecule has 7 nitrogen and oxygen atoms in total. The fourth-order valence-corrected chi connectivity index (χ4v) is 12.4. The molecule has 14 heteroatoms. The molecule has 2 aliphatic heterocycles. The largest absolute Gasteiger partial charge is 0.534 e. The molecule has 0 aromatic heterocycles. The lowest BCUT2D eigenvalue weighted by Crippen LogP contribution is -2.68. The molecule has 0 N–H and O–H groups in total. The van der Waals surface area contributed by atoms with E-state index < -0.39 is 29.7 Å². The van der Waals surface area contributed by atoms with Crippen molar-refractivity contribution in [2.45, 2.75) is 69.3 Å². The van der Waals surface area contributed by atoms with Crippen LogP contribution in [0.25, 0.3) is 0 Å². The summed E-state index contributed by atoms with van der Waals surface area (Å²) in [6.07, 6.45) is 2.16. The number of carbonyl (C=O) groups is 1. The topological polar surface area (TPSA) is 76.2 Å². The van der Waals surface area contributed by atoms with Gasteiger partial charge >= 0.3 is 15.6 Å². The first-order valence-corrected chi connectivity index (χ1v) is 19.4. The van der Waals surface area contributed by atoms with E-state index in [2.05, 4.69) is 78.4 Å². The van der Waals surface area contributed by atoms with Crippen LogP contribution in [0.2, 0.25) is 15.1 Å². The molecule has 1 unspecified atom stereocenters. The summed E-state index contributed by atoms with van der Waals surface area (Å²) in [4.78, 5) is 17.4. The Hall–Kier alpha value is -2.61. The fourth-order valence-electron chi connectivity index (χ4n) is 6.61. The van der Waals surface area contributed by atoms with E-state index in [1.54, 1.807) is 4.90 Å². The number of alkyl halides is 3. The van der Waals surface area contributed by atoms with Gasteiger partial charge in [0.1, 0.15) is 5.75 Å². The van der Waals surface area contributed by atoms with Crippen LogP contribution in [-0.4, -0.2) is 69.7 Å². The molecule has 2 heterocycles. The Kier molecular flexibility index (Phi) is 10.4. The molecule has 3 aromatic rings. The van der Waals surface area contributed by atoms with E-state index in [1.807, 2.05) is 12.1 Å². The first-order valence-electron chi connectivity index (χ1n) is 15.3. The van der Waals surface area contributed by atoms with Crippen LogP contribution in [0.1, 0.15) is 45.6 Å². The molecule has 47 heavy (non-hydrogen) atoms. The molecule has 1 atom stereocenters. The maximum Gasteiger partial charge on any atom is 0.534 e. The number of hydrogen-bond acceptors (Lipinski definition) is 6. The van der Waals surface area contributed by atoms with Crippen LogP contribution in [0.5, 0.6) is 5.75 Å². The molecular weight excluding hydrogens is 692 g/mol. The molecule has 0 radical (unpaired) electrons. The monoisotopic (exact) mass is 728 g/mol. The smallest absolute Gasteiger partial charge is 0.404 e. The minimum Gasteiger partial charge on any atom is -0.404 e. The van der Waals surface area contributed by atoms with Crippen molar-refractivity contribution in [3.8, 4) is 5.75 Å². The third kappa shape index (κ3) is 7.37. The second kappa shape index (κ2) is 13.7. The third-order valence-corrected chi connectivity index (χ3v) is 15.6. The fraction of sp³-hybridized carbons (Fsp3) is 0.424. The van der Waals surface area contributed by atoms with Gasteiger partial charge in [0.05, 0.1) is 16.1 Å². The minimum atomic E-state index is -5.89. The second-order valence-electron chi connectivity index (χ2n) is 12.9. The number of piperidine rings is 1. The van der Waals surface area contributed by atoms with E-state index in [1.165, 1.54) is 10.4 Å². The zero-order valence-electron chi connectivity index (χ0n) is 26.3. The zero-order chi connectivity index (χ0) is 34.2. The van der Waals surface area contributed by atoms with Gasteiger partial charge in [-0.3, -0.25) is 9.69 Å². The quantitative estimate of drug-likeness (QED) is 0.145. The Morgan fingerprint density at radius 1 is 0.851 bits per heavy atom. The third-order valence-electron chi connectivity index (χ3n) is 8.90. The highest BCUT2D eigenvalue weighted by atomic mass is 35.5. The summed E-state index contributed by atoms with van der Waals surface area (Å²) in [7, 11) is -8.60. The summed E-state index contributed by atoms with van der Waals surface area (Å²) in [6, 6.07) is 22.6. The molecule has 2 aliphatic rings. The number of carbonyl (C=O) groups excluding carboxylic acids is 1. The standard InChI is InChI=1S/C33H37Cl2F3N2O5SSi/c1-32(2,3)47(25-10-6-4-7-11-25,26-12-8-5-9-13-26)45-23-14-17-39(18-15-23)30-16-19-40(31(30)41)22-27-28(34)20-24(21-29(27)35)44-46(42,43)33(36,37)38/h4-13,20-21,23,30H,14-19,22H2,1-3H3. The molecule has 0 aliphatic carbocycles. The molecule has 5 rings (SSSR count). The van der Waals surface area contributed by atoms with Crippen molar-refractivity contribution in [3.05, 3.63) is 88.4 Å². The van der Waals surface area contributed by atoms with Crippen molar-refractivity contribution in [1.82, 2.24) is 9.80 Å². The summed E-state index contributed by atoms with van der Waals surface area (Å²) in [6.45, 7) is 8.60. The van der Waals surface area contributed by atoms with Crippen LogP contribution in [0, 0.1) is 0 Å². The van der Waals surface area contributed by atoms with E-state index in [0.717, 1.165) is 25.0 Å². The summed E-state index contributed by atoms with van der Waals surface area (Å²) in [5.41, 5.74) is -5.32. The van der Waals surface area contributed by atoms with Gasteiger partial charge in [-0.2, -0.15) is 21.6 Å². The first kappa shape index (κ1) is 35.7. The van der Waals surface area contributed by atoms with Gasteiger partial charge in [0.2, 0.25) is 5.91 Å². The Morgan fingerprint density at radius 3 is 1.83 bits per heavy atom. The predicted molar refractivity (Wildman–Crippen MR) is 179 cm³/mol. The highest BCUT2D eigenvalue weighted by Gasteiger charge is 2.52. The van der Waals surface area contributed by atoms with E-state index in [9.17, 15) is 26.4 Å². The minimum absolute atomic E-state index is 0.0182. The molecule has 1 amide bonds. The van der Waals surface area contributed by atoms with E-state index >= 15 is 0 Å². The maximum absolute atomic E-state index is 13.6. The van der Waals surface area contributed by atoms with Crippen LogP contribution in [0.3, 0.4) is 0 Å². The lowest BCUT2D eigenvalue weighted by molar-refractivity contribution is -0.133. The van der Waals surface area contributed by atoms with Crippen molar-refractivity contribution < 1.29 is 35.0 Å². The number of rotatable bonds is 9. The lowest BCUT2D eigenvalue weighted by Gasteiger charge is -2.47. The molecule has 0 saturated carbocycles. The van der Waals surface area contributed by atoms with Gasteiger partial charge in [0, 0.05) is 50.0 Å². The van der Waals surface area contributed by atoms with Crippen LogP contribution in [-0.2, 0) is 25.9 Å². The van der Waals surface area contributed by atoms with Crippen molar-refractivity contribution in [3.63, 3.8) is 0 Å².